The normalized spacial score (nSPS) is 23.3. The maximum atomic E-state index is 13.7. The van der Waals surface area contributed by atoms with Gasteiger partial charge in [-0.2, -0.15) is 0 Å². The van der Waals surface area contributed by atoms with Gasteiger partial charge < -0.3 is 5.32 Å². The SMILES string of the molecule is CCC1CCNC(CC(=O)c2ccc(Br)cc2F)C1. The number of rotatable bonds is 4. The van der Waals surface area contributed by atoms with Gasteiger partial charge >= 0.3 is 0 Å². The van der Waals surface area contributed by atoms with Gasteiger partial charge in [0.25, 0.3) is 0 Å². The number of hydrogen-bond donors (Lipinski definition) is 1. The molecule has 0 spiro atoms. The number of ketones is 1. The molecule has 0 bridgehead atoms. The fourth-order valence-electron chi connectivity index (χ4n) is 2.67. The minimum absolute atomic E-state index is 0.112. The minimum atomic E-state index is -0.442. The Kier molecular flexibility index (Phi) is 5.11. The Balaban J connectivity index is 2.00. The third-order valence-electron chi connectivity index (χ3n) is 3.84. The monoisotopic (exact) mass is 327 g/mol. The largest absolute Gasteiger partial charge is 0.314 e. The van der Waals surface area contributed by atoms with Crippen molar-refractivity contribution in [1.82, 2.24) is 5.32 Å². The lowest BCUT2D eigenvalue weighted by atomic mass is 9.87. The van der Waals surface area contributed by atoms with Gasteiger partial charge in [0, 0.05) is 16.9 Å². The van der Waals surface area contributed by atoms with E-state index in [2.05, 4.69) is 28.2 Å². The van der Waals surface area contributed by atoms with Crippen LogP contribution in [0.25, 0.3) is 0 Å². The van der Waals surface area contributed by atoms with E-state index >= 15 is 0 Å². The van der Waals surface area contributed by atoms with Crippen LogP contribution in [-0.2, 0) is 0 Å². The number of piperidine rings is 1. The Morgan fingerprint density at radius 1 is 1.53 bits per heavy atom. The first-order valence-electron chi connectivity index (χ1n) is 6.81. The van der Waals surface area contributed by atoms with Gasteiger partial charge in [-0.3, -0.25) is 4.79 Å². The quantitative estimate of drug-likeness (QED) is 0.848. The fourth-order valence-corrected chi connectivity index (χ4v) is 3.00. The van der Waals surface area contributed by atoms with E-state index in [4.69, 9.17) is 0 Å². The van der Waals surface area contributed by atoms with Crippen LogP contribution in [0.15, 0.2) is 22.7 Å². The van der Waals surface area contributed by atoms with Crippen LogP contribution in [-0.4, -0.2) is 18.4 Å². The van der Waals surface area contributed by atoms with Crippen molar-refractivity contribution in [3.8, 4) is 0 Å². The Morgan fingerprint density at radius 3 is 3.00 bits per heavy atom. The molecule has 1 heterocycles. The van der Waals surface area contributed by atoms with Crippen molar-refractivity contribution in [3.05, 3.63) is 34.1 Å². The molecular weight excluding hydrogens is 309 g/mol. The second kappa shape index (κ2) is 6.62. The van der Waals surface area contributed by atoms with E-state index in [0.29, 0.717) is 16.8 Å². The summed E-state index contributed by atoms with van der Waals surface area (Å²) in [5, 5.41) is 3.36. The third kappa shape index (κ3) is 3.86. The number of Topliss-reactive ketones (excluding diaryl/α,β-unsaturated/α-hetero) is 1. The summed E-state index contributed by atoms with van der Waals surface area (Å²) in [6, 6.07) is 4.80. The summed E-state index contributed by atoms with van der Waals surface area (Å²) < 4.78 is 14.4. The average molecular weight is 328 g/mol. The van der Waals surface area contributed by atoms with E-state index in [9.17, 15) is 9.18 Å². The van der Waals surface area contributed by atoms with E-state index in [0.717, 1.165) is 19.4 Å². The van der Waals surface area contributed by atoms with Crippen molar-refractivity contribution in [1.29, 1.82) is 0 Å². The number of nitrogens with one attached hydrogen (secondary N) is 1. The number of carbonyl (C=O) groups is 1. The van der Waals surface area contributed by atoms with Crippen LogP contribution in [0.3, 0.4) is 0 Å². The maximum Gasteiger partial charge on any atom is 0.167 e. The molecule has 1 aromatic rings. The maximum absolute atomic E-state index is 13.7. The number of carbonyl (C=O) groups excluding carboxylic acids is 1. The van der Waals surface area contributed by atoms with E-state index in [1.165, 1.54) is 12.5 Å². The van der Waals surface area contributed by atoms with Gasteiger partial charge in [-0.05, 0) is 43.5 Å². The van der Waals surface area contributed by atoms with E-state index < -0.39 is 5.82 Å². The van der Waals surface area contributed by atoms with Crippen LogP contribution in [0, 0.1) is 11.7 Å². The van der Waals surface area contributed by atoms with Crippen LogP contribution in [0.4, 0.5) is 4.39 Å². The van der Waals surface area contributed by atoms with Crippen molar-refractivity contribution in [2.75, 3.05) is 6.54 Å². The van der Waals surface area contributed by atoms with Crippen LogP contribution < -0.4 is 5.32 Å². The molecule has 2 nitrogen and oxygen atoms in total. The zero-order valence-electron chi connectivity index (χ0n) is 11.1. The van der Waals surface area contributed by atoms with Crippen molar-refractivity contribution in [2.45, 2.75) is 38.6 Å². The molecule has 0 radical (unpaired) electrons. The standard InChI is InChI=1S/C15H19BrFNO/c1-2-10-5-6-18-12(7-10)9-15(19)13-4-3-11(16)8-14(13)17/h3-4,8,10,12,18H,2,5-7,9H2,1H3. The minimum Gasteiger partial charge on any atom is -0.314 e. The highest BCUT2D eigenvalue weighted by molar-refractivity contribution is 9.10. The smallest absolute Gasteiger partial charge is 0.167 e. The molecule has 4 heteroatoms. The number of halogens is 2. The molecule has 1 N–H and O–H groups in total. The molecule has 1 saturated heterocycles. The van der Waals surface area contributed by atoms with Gasteiger partial charge in [0.15, 0.2) is 5.78 Å². The third-order valence-corrected chi connectivity index (χ3v) is 4.34. The van der Waals surface area contributed by atoms with Crippen LogP contribution in [0.2, 0.25) is 0 Å². The summed E-state index contributed by atoms with van der Waals surface area (Å²) in [6.45, 7) is 3.14. The Hall–Kier alpha value is -0.740. The van der Waals surface area contributed by atoms with E-state index in [-0.39, 0.29) is 17.4 Å². The molecule has 1 aliphatic heterocycles. The van der Waals surface area contributed by atoms with Gasteiger partial charge in [0.1, 0.15) is 5.82 Å². The second-order valence-electron chi connectivity index (χ2n) is 5.20. The number of hydrogen-bond acceptors (Lipinski definition) is 2. The van der Waals surface area contributed by atoms with Crippen LogP contribution in [0.1, 0.15) is 43.0 Å². The summed E-state index contributed by atoms with van der Waals surface area (Å²) in [6.07, 6.45) is 3.72. The average Bonchev–Trinajstić information content (AvgIpc) is 2.38. The van der Waals surface area contributed by atoms with Crippen molar-refractivity contribution >= 4 is 21.7 Å². The molecule has 0 saturated carbocycles. The molecule has 0 amide bonds. The molecule has 0 aromatic heterocycles. The Bertz CT molecular complexity index is 463. The van der Waals surface area contributed by atoms with Gasteiger partial charge in [-0.25, -0.2) is 4.39 Å². The number of benzene rings is 1. The summed E-state index contributed by atoms with van der Waals surface area (Å²) in [4.78, 5) is 12.1. The summed E-state index contributed by atoms with van der Waals surface area (Å²) in [5.74, 6) is 0.135. The second-order valence-corrected chi connectivity index (χ2v) is 6.12. The molecule has 1 aromatic carbocycles. The van der Waals surface area contributed by atoms with Crippen molar-refractivity contribution < 1.29 is 9.18 Å². The van der Waals surface area contributed by atoms with Gasteiger partial charge in [0.05, 0.1) is 5.56 Å². The topological polar surface area (TPSA) is 29.1 Å². The fraction of sp³-hybridized carbons (Fsp3) is 0.533. The molecule has 1 fully saturated rings. The first kappa shape index (κ1) is 14.7. The summed E-state index contributed by atoms with van der Waals surface area (Å²) >= 11 is 3.20. The van der Waals surface area contributed by atoms with E-state index in [1.54, 1.807) is 12.1 Å². The predicted octanol–water partition coefficient (Wildman–Crippen LogP) is 3.94. The van der Waals surface area contributed by atoms with E-state index in [1.807, 2.05) is 0 Å². The van der Waals surface area contributed by atoms with Crippen LogP contribution in [0.5, 0.6) is 0 Å². The summed E-state index contributed by atoms with van der Waals surface area (Å²) in [7, 11) is 0. The van der Waals surface area contributed by atoms with Crippen molar-refractivity contribution in [2.24, 2.45) is 5.92 Å². The highest BCUT2D eigenvalue weighted by Crippen LogP contribution is 2.23. The first-order valence-corrected chi connectivity index (χ1v) is 7.61. The zero-order valence-corrected chi connectivity index (χ0v) is 12.7. The first-order chi connectivity index (χ1) is 9.10. The molecular formula is C15H19BrFNO. The Morgan fingerprint density at radius 2 is 2.32 bits per heavy atom. The molecule has 0 aliphatic carbocycles. The van der Waals surface area contributed by atoms with Gasteiger partial charge in [-0.15, -0.1) is 0 Å². The van der Waals surface area contributed by atoms with Gasteiger partial charge in [-0.1, -0.05) is 29.3 Å². The molecule has 2 rings (SSSR count). The predicted molar refractivity (Wildman–Crippen MR) is 77.9 cm³/mol. The molecule has 2 unspecified atom stereocenters. The molecule has 19 heavy (non-hydrogen) atoms. The molecule has 104 valence electrons. The highest BCUT2D eigenvalue weighted by atomic mass is 79.9. The lowest BCUT2D eigenvalue weighted by Gasteiger charge is -2.29. The highest BCUT2D eigenvalue weighted by Gasteiger charge is 2.23. The van der Waals surface area contributed by atoms with Gasteiger partial charge in [0.2, 0.25) is 0 Å². The lowest BCUT2D eigenvalue weighted by molar-refractivity contribution is 0.0953. The molecule has 1 aliphatic rings. The summed E-state index contributed by atoms with van der Waals surface area (Å²) in [5.41, 5.74) is 0.198. The van der Waals surface area contributed by atoms with Crippen molar-refractivity contribution in [3.63, 3.8) is 0 Å². The van der Waals surface area contributed by atoms with Crippen LogP contribution >= 0.6 is 15.9 Å². The Labute approximate surface area is 121 Å². The lowest BCUT2D eigenvalue weighted by Crippen LogP contribution is -2.39. The molecule has 2 atom stereocenters. The zero-order chi connectivity index (χ0) is 13.8.